The largest absolute Gasteiger partial charge is 0.193 e. The molecule has 0 N–H and O–H groups in total. The van der Waals surface area contributed by atoms with Crippen LogP contribution >= 0.6 is 11.3 Å². The molecule has 14 heavy (non-hydrogen) atoms. The molecular weight excluding hydrogens is 190 g/mol. The molecule has 0 fully saturated rings. The fourth-order valence-electron chi connectivity index (χ4n) is 1.43. The van der Waals surface area contributed by atoms with Gasteiger partial charge in [-0.1, -0.05) is 24.3 Å². The van der Waals surface area contributed by atoms with Gasteiger partial charge in [-0.2, -0.15) is 5.26 Å². The molecule has 0 atom stereocenters. The van der Waals surface area contributed by atoms with Crippen molar-refractivity contribution in [1.82, 2.24) is 0 Å². The molecule has 0 bridgehead atoms. The van der Waals surface area contributed by atoms with Gasteiger partial charge in [0.2, 0.25) is 0 Å². The first-order chi connectivity index (χ1) is 6.92. The fraction of sp³-hybridized carbons (Fsp3) is 0.0833. The molecule has 0 unspecified atom stereocenters. The van der Waals surface area contributed by atoms with Crippen LogP contribution in [0.1, 0.15) is 5.56 Å². The van der Waals surface area contributed by atoms with Crippen molar-refractivity contribution >= 4 is 21.4 Å². The number of rotatable bonds is 2. The third kappa shape index (κ3) is 1.68. The highest BCUT2D eigenvalue weighted by atomic mass is 32.1. The molecule has 0 aliphatic carbocycles. The van der Waals surface area contributed by atoms with E-state index in [9.17, 15) is 0 Å². The van der Waals surface area contributed by atoms with Gasteiger partial charge in [-0.3, -0.25) is 0 Å². The molecule has 0 aliphatic heterocycles. The maximum Gasteiger partial charge on any atom is 0.0908 e. The number of benzene rings is 1. The molecule has 1 heterocycles. The van der Waals surface area contributed by atoms with E-state index in [-0.39, 0.29) is 0 Å². The Morgan fingerprint density at radius 2 is 2.21 bits per heavy atom. The summed E-state index contributed by atoms with van der Waals surface area (Å²) in [5.41, 5.74) is 1.30. The van der Waals surface area contributed by atoms with Crippen LogP contribution in [0.25, 0.3) is 10.1 Å². The van der Waals surface area contributed by atoms with Gasteiger partial charge in [0.05, 0.1) is 6.07 Å². The summed E-state index contributed by atoms with van der Waals surface area (Å²) in [7, 11) is 0. The van der Waals surface area contributed by atoms with E-state index in [2.05, 4.69) is 17.5 Å². The summed E-state index contributed by atoms with van der Waals surface area (Å²) in [5, 5.41) is 11.8. The number of nitriles is 1. The van der Waals surface area contributed by atoms with E-state index in [0.29, 0.717) is 0 Å². The lowest BCUT2D eigenvalue weighted by Crippen LogP contribution is -1.76. The molecule has 2 heteroatoms. The predicted molar refractivity (Wildman–Crippen MR) is 60.3 cm³/mol. The van der Waals surface area contributed by atoms with Crippen LogP contribution < -0.4 is 0 Å². The first-order valence-corrected chi connectivity index (χ1v) is 5.29. The number of allylic oxidation sites excluding steroid dienone is 2. The van der Waals surface area contributed by atoms with Gasteiger partial charge < -0.3 is 0 Å². The SMILES string of the molecule is N#CC=CCc1csc2ccccc12. The van der Waals surface area contributed by atoms with Gasteiger partial charge in [-0.05, 0) is 28.8 Å². The Balaban J connectivity index is 2.35. The molecule has 0 spiro atoms. The molecule has 0 aliphatic rings. The smallest absolute Gasteiger partial charge is 0.0908 e. The van der Waals surface area contributed by atoms with E-state index in [1.165, 1.54) is 21.7 Å². The quantitative estimate of drug-likeness (QED) is 0.679. The standard InChI is InChI=1S/C12H9NS/c13-8-4-3-5-10-9-14-12-7-2-1-6-11(10)12/h1-4,6-7,9H,5H2. The lowest BCUT2D eigenvalue weighted by Gasteiger charge is -1.92. The average molecular weight is 199 g/mol. The second-order valence-electron chi connectivity index (χ2n) is 2.99. The minimum Gasteiger partial charge on any atom is -0.193 e. The molecule has 1 aromatic carbocycles. The Hall–Kier alpha value is -1.59. The van der Waals surface area contributed by atoms with E-state index in [1.807, 2.05) is 24.3 Å². The molecular formula is C12H9NS. The monoisotopic (exact) mass is 199 g/mol. The van der Waals surface area contributed by atoms with Gasteiger partial charge in [0.15, 0.2) is 0 Å². The van der Waals surface area contributed by atoms with Crippen molar-refractivity contribution in [1.29, 1.82) is 5.26 Å². The van der Waals surface area contributed by atoms with Crippen LogP contribution in [0.3, 0.4) is 0 Å². The summed E-state index contributed by atoms with van der Waals surface area (Å²) in [6.07, 6.45) is 4.28. The van der Waals surface area contributed by atoms with Crippen molar-refractivity contribution in [3.8, 4) is 6.07 Å². The molecule has 1 nitrogen and oxygen atoms in total. The van der Waals surface area contributed by atoms with E-state index in [0.717, 1.165) is 6.42 Å². The minimum absolute atomic E-state index is 0.845. The Morgan fingerprint density at radius 1 is 1.36 bits per heavy atom. The fourth-order valence-corrected chi connectivity index (χ4v) is 2.41. The third-order valence-corrected chi connectivity index (χ3v) is 3.10. The molecule has 2 aromatic rings. The number of fused-ring (bicyclic) bond motifs is 1. The first kappa shape index (κ1) is 8.98. The molecule has 0 radical (unpaired) electrons. The second-order valence-corrected chi connectivity index (χ2v) is 3.90. The number of thiophene rings is 1. The third-order valence-electron chi connectivity index (χ3n) is 2.09. The molecule has 1 aromatic heterocycles. The zero-order valence-electron chi connectivity index (χ0n) is 7.60. The van der Waals surface area contributed by atoms with Crippen molar-refractivity contribution in [3.05, 3.63) is 47.4 Å². The van der Waals surface area contributed by atoms with E-state index in [4.69, 9.17) is 5.26 Å². The van der Waals surface area contributed by atoms with E-state index in [1.54, 1.807) is 11.3 Å². The van der Waals surface area contributed by atoms with Crippen LogP contribution in [0.4, 0.5) is 0 Å². The number of nitrogens with zero attached hydrogens (tertiary/aromatic N) is 1. The van der Waals surface area contributed by atoms with E-state index >= 15 is 0 Å². The number of hydrogen-bond acceptors (Lipinski definition) is 2. The van der Waals surface area contributed by atoms with Crippen molar-refractivity contribution in [3.63, 3.8) is 0 Å². The summed E-state index contributed by atoms with van der Waals surface area (Å²) in [6.45, 7) is 0. The molecule has 0 amide bonds. The van der Waals surface area contributed by atoms with Gasteiger partial charge in [0.25, 0.3) is 0 Å². The summed E-state index contributed by atoms with van der Waals surface area (Å²) in [4.78, 5) is 0. The topological polar surface area (TPSA) is 23.8 Å². The van der Waals surface area contributed by atoms with E-state index < -0.39 is 0 Å². The first-order valence-electron chi connectivity index (χ1n) is 4.41. The Bertz CT molecular complexity index is 502. The van der Waals surface area contributed by atoms with Crippen LogP contribution in [-0.2, 0) is 6.42 Å². The molecule has 68 valence electrons. The van der Waals surface area contributed by atoms with Crippen LogP contribution in [0, 0.1) is 11.3 Å². The van der Waals surface area contributed by atoms with Gasteiger partial charge >= 0.3 is 0 Å². The highest BCUT2D eigenvalue weighted by molar-refractivity contribution is 7.17. The highest BCUT2D eigenvalue weighted by Gasteiger charge is 2.00. The molecule has 0 saturated heterocycles. The summed E-state index contributed by atoms with van der Waals surface area (Å²) >= 11 is 1.76. The minimum atomic E-state index is 0.845. The zero-order chi connectivity index (χ0) is 9.80. The Kier molecular flexibility index (Phi) is 2.62. The Morgan fingerprint density at radius 3 is 3.07 bits per heavy atom. The van der Waals surface area contributed by atoms with Gasteiger partial charge in [0.1, 0.15) is 0 Å². The number of hydrogen-bond donors (Lipinski definition) is 0. The van der Waals surface area contributed by atoms with Crippen LogP contribution in [0.15, 0.2) is 41.8 Å². The summed E-state index contributed by atoms with van der Waals surface area (Å²) < 4.78 is 1.31. The summed E-state index contributed by atoms with van der Waals surface area (Å²) in [6, 6.07) is 10.3. The zero-order valence-corrected chi connectivity index (χ0v) is 8.42. The van der Waals surface area contributed by atoms with Crippen LogP contribution in [-0.4, -0.2) is 0 Å². The predicted octanol–water partition coefficient (Wildman–Crippen LogP) is 3.52. The maximum atomic E-state index is 8.37. The van der Waals surface area contributed by atoms with Crippen molar-refractivity contribution < 1.29 is 0 Å². The molecule has 2 rings (SSSR count). The summed E-state index contributed by atoms with van der Waals surface area (Å²) in [5.74, 6) is 0. The van der Waals surface area contributed by atoms with Crippen LogP contribution in [0.2, 0.25) is 0 Å². The van der Waals surface area contributed by atoms with Gasteiger partial charge in [-0.15, -0.1) is 11.3 Å². The van der Waals surface area contributed by atoms with Crippen molar-refractivity contribution in [2.45, 2.75) is 6.42 Å². The van der Waals surface area contributed by atoms with Gasteiger partial charge in [-0.25, -0.2) is 0 Å². The second kappa shape index (κ2) is 4.08. The van der Waals surface area contributed by atoms with Gasteiger partial charge in [0, 0.05) is 10.8 Å². The van der Waals surface area contributed by atoms with Crippen molar-refractivity contribution in [2.75, 3.05) is 0 Å². The molecule has 0 saturated carbocycles. The van der Waals surface area contributed by atoms with Crippen molar-refractivity contribution in [2.24, 2.45) is 0 Å². The normalized spacial score (nSPS) is 10.8. The van der Waals surface area contributed by atoms with Crippen LogP contribution in [0.5, 0.6) is 0 Å². The Labute approximate surface area is 86.9 Å². The lowest BCUT2D eigenvalue weighted by molar-refractivity contribution is 1.32. The average Bonchev–Trinajstić information content (AvgIpc) is 2.63. The highest BCUT2D eigenvalue weighted by Crippen LogP contribution is 2.25. The lowest BCUT2D eigenvalue weighted by atomic mass is 10.1. The maximum absolute atomic E-state index is 8.37.